The van der Waals surface area contributed by atoms with Crippen molar-refractivity contribution >= 4 is 5.95 Å². The van der Waals surface area contributed by atoms with E-state index in [4.69, 9.17) is 0 Å². The van der Waals surface area contributed by atoms with Crippen molar-refractivity contribution in [3.05, 3.63) is 28.2 Å². The fraction of sp³-hybridized carbons (Fsp3) is 0.462. The van der Waals surface area contributed by atoms with E-state index in [0.717, 1.165) is 38.3 Å². The van der Waals surface area contributed by atoms with Crippen molar-refractivity contribution in [1.29, 1.82) is 0 Å². The van der Waals surface area contributed by atoms with Crippen LogP contribution in [0.2, 0.25) is 0 Å². The van der Waals surface area contributed by atoms with Gasteiger partial charge in [-0.25, -0.2) is 0 Å². The van der Waals surface area contributed by atoms with Crippen molar-refractivity contribution < 1.29 is 0 Å². The Labute approximate surface area is 116 Å². The molecule has 0 unspecified atom stereocenters. The Hall–Kier alpha value is -2.15. The predicted molar refractivity (Wildman–Crippen MR) is 76.9 cm³/mol. The normalized spacial score (nSPS) is 16.1. The molecule has 0 saturated carbocycles. The fourth-order valence-corrected chi connectivity index (χ4v) is 2.32. The molecule has 0 aliphatic carbocycles. The highest BCUT2D eigenvalue weighted by Crippen LogP contribution is 2.14. The van der Waals surface area contributed by atoms with Gasteiger partial charge in [0.25, 0.3) is 0 Å². The summed E-state index contributed by atoms with van der Waals surface area (Å²) in [5, 5.41) is 10.4. The number of aryl methyl sites for hydroxylation is 1. The lowest BCUT2D eigenvalue weighted by molar-refractivity contribution is 0.724. The van der Waals surface area contributed by atoms with Crippen LogP contribution in [0.4, 0.5) is 5.95 Å². The van der Waals surface area contributed by atoms with Gasteiger partial charge in [-0.15, -0.1) is 5.10 Å². The monoisotopic (exact) mass is 274 g/mol. The van der Waals surface area contributed by atoms with E-state index < -0.39 is 0 Å². The molecule has 0 aromatic carbocycles. The number of hydrogen-bond donors (Lipinski definition) is 3. The van der Waals surface area contributed by atoms with E-state index >= 15 is 0 Å². The molecule has 0 spiro atoms. The Bertz CT molecular complexity index is 638. The minimum Gasteiger partial charge on any atom is -0.364 e. The van der Waals surface area contributed by atoms with Crippen LogP contribution < -0.4 is 15.6 Å². The first kappa shape index (κ1) is 12.9. The van der Waals surface area contributed by atoms with Gasteiger partial charge in [0.15, 0.2) is 11.3 Å². The summed E-state index contributed by atoms with van der Waals surface area (Å²) in [6, 6.07) is 1.56. The second-order valence-electron chi connectivity index (χ2n) is 4.97. The van der Waals surface area contributed by atoms with Crippen LogP contribution in [0, 0.1) is 6.92 Å². The Kier molecular flexibility index (Phi) is 3.51. The number of pyridine rings is 1. The summed E-state index contributed by atoms with van der Waals surface area (Å²) in [4.78, 5) is 21.6. The molecule has 1 fully saturated rings. The Morgan fingerprint density at radius 1 is 1.30 bits per heavy atom. The highest BCUT2D eigenvalue weighted by molar-refractivity contribution is 5.55. The molecule has 0 atom stereocenters. The van der Waals surface area contributed by atoms with Crippen LogP contribution in [-0.2, 0) is 0 Å². The predicted octanol–water partition coefficient (Wildman–Crippen LogP) is 0.268. The second-order valence-corrected chi connectivity index (χ2v) is 4.97. The van der Waals surface area contributed by atoms with Gasteiger partial charge in [0, 0.05) is 37.6 Å². The third-order valence-corrected chi connectivity index (χ3v) is 3.41. The molecule has 0 radical (unpaired) electrons. The van der Waals surface area contributed by atoms with Gasteiger partial charge >= 0.3 is 0 Å². The Balaban J connectivity index is 1.87. The molecule has 3 heterocycles. The lowest BCUT2D eigenvalue weighted by Gasteiger charge is -2.16. The summed E-state index contributed by atoms with van der Waals surface area (Å²) in [7, 11) is 0. The molecular weight excluding hydrogens is 256 g/mol. The number of rotatable bonds is 2. The average molecular weight is 274 g/mol. The number of aromatic amines is 2. The van der Waals surface area contributed by atoms with E-state index in [9.17, 15) is 4.79 Å². The van der Waals surface area contributed by atoms with Gasteiger partial charge in [-0.05, 0) is 19.9 Å². The molecule has 20 heavy (non-hydrogen) atoms. The number of nitrogens with zero attached hydrogens (tertiary/aromatic N) is 3. The smallest absolute Gasteiger partial charge is 0.245 e. The van der Waals surface area contributed by atoms with E-state index in [1.54, 1.807) is 12.3 Å². The lowest BCUT2D eigenvalue weighted by atomic mass is 10.2. The van der Waals surface area contributed by atoms with E-state index in [1.165, 1.54) is 0 Å². The van der Waals surface area contributed by atoms with Crippen LogP contribution >= 0.6 is 0 Å². The Morgan fingerprint density at radius 3 is 3.05 bits per heavy atom. The van der Waals surface area contributed by atoms with Crippen LogP contribution in [0.25, 0.3) is 11.4 Å². The SMILES string of the molecule is Cc1cc(=O)c(-c2nc(N3CCCNCC3)n[nH]2)c[nH]1. The van der Waals surface area contributed by atoms with Gasteiger partial charge in [-0.2, -0.15) is 4.98 Å². The Morgan fingerprint density at radius 2 is 2.20 bits per heavy atom. The molecule has 7 heteroatoms. The number of aromatic nitrogens is 4. The zero-order valence-corrected chi connectivity index (χ0v) is 11.4. The molecule has 3 rings (SSSR count). The topological polar surface area (TPSA) is 89.7 Å². The first-order chi connectivity index (χ1) is 9.74. The van der Waals surface area contributed by atoms with Crippen molar-refractivity contribution in [3.63, 3.8) is 0 Å². The molecule has 7 nitrogen and oxygen atoms in total. The third kappa shape index (κ3) is 2.57. The summed E-state index contributed by atoms with van der Waals surface area (Å²) in [5.74, 6) is 1.17. The number of anilines is 1. The highest BCUT2D eigenvalue weighted by atomic mass is 16.1. The van der Waals surface area contributed by atoms with E-state index in [2.05, 4.69) is 30.4 Å². The average Bonchev–Trinajstić information content (AvgIpc) is 2.74. The van der Waals surface area contributed by atoms with E-state index in [-0.39, 0.29) is 5.43 Å². The van der Waals surface area contributed by atoms with Gasteiger partial charge in [0.1, 0.15) is 0 Å². The highest BCUT2D eigenvalue weighted by Gasteiger charge is 2.15. The first-order valence-corrected chi connectivity index (χ1v) is 6.82. The maximum absolute atomic E-state index is 11.9. The molecule has 106 valence electrons. The number of H-pyrrole nitrogens is 2. The van der Waals surface area contributed by atoms with E-state index in [1.807, 2.05) is 6.92 Å². The van der Waals surface area contributed by atoms with Gasteiger partial charge in [0.2, 0.25) is 5.95 Å². The van der Waals surface area contributed by atoms with Crippen LogP contribution in [0.3, 0.4) is 0 Å². The van der Waals surface area contributed by atoms with Crippen molar-refractivity contribution in [3.8, 4) is 11.4 Å². The van der Waals surface area contributed by atoms with Crippen LogP contribution in [-0.4, -0.2) is 46.3 Å². The van der Waals surface area contributed by atoms with Crippen LogP contribution in [0.1, 0.15) is 12.1 Å². The molecular formula is C13H18N6O. The standard InChI is InChI=1S/C13H18N6O/c1-9-7-11(20)10(8-15-9)12-16-13(18-17-12)19-5-2-3-14-4-6-19/h7-8,14H,2-6H2,1H3,(H,15,20)(H,16,17,18). The zero-order chi connectivity index (χ0) is 13.9. The molecule has 3 N–H and O–H groups in total. The molecule has 0 bridgehead atoms. The van der Waals surface area contributed by atoms with Crippen LogP contribution in [0.15, 0.2) is 17.1 Å². The second kappa shape index (κ2) is 5.46. The summed E-state index contributed by atoms with van der Waals surface area (Å²) in [6.45, 7) is 5.59. The molecule has 1 aliphatic rings. The van der Waals surface area contributed by atoms with E-state index in [0.29, 0.717) is 17.3 Å². The largest absolute Gasteiger partial charge is 0.364 e. The van der Waals surface area contributed by atoms with Crippen molar-refractivity contribution in [1.82, 2.24) is 25.5 Å². The molecule has 0 amide bonds. The van der Waals surface area contributed by atoms with Crippen LogP contribution in [0.5, 0.6) is 0 Å². The summed E-state index contributed by atoms with van der Waals surface area (Å²) >= 11 is 0. The third-order valence-electron chi connectivity index (χ3n) is 3.41. The van der Waals surface area contributed by atoms with Crippen molar-refractivity contribution in [2.24, 2.45) is 0 Å². The minimum absolute atomic E-state index is 0.0542. The summed E-state index contributed by atoms with van der Waals surface area (Å²) in [6.07, 6.45) is 2.74. The number of nitrogens with one attached hydrogen (secondary N) is 3. The molecule has 1 saturated heterocycles. The minimum atomic E-state index is -0.0542. The lowest BCUT2D eigenvalue weighted by Crippen LogP contribution is -2.28. The van der Waals surface area contributed by atoms with Crippen molar-refractivity contribution in [2.75, 3.05) is 31.1 Å². The zero-order valence-electron chi connectivity index (χ0n) is 11.4. The van der Waals surface area contributed by atoms with Gasteiger partial charge in [-0.3, -0.25) is 9.89 Å². The molecule has 2 aromatic heterocycles. The maximum Gasteiger partial charge on any atom is 0.245 e. The summed E-state index contributed by atoms with van der Waals surface area (Å²) in [5.41, 5.74) is 1.29. The summed E-state index contributed by atoms with van der Waals surface area (Å²) < 4.78 is 0. The fourth-order valence-electron chi connectivity index (χ4n) is 2.32. The quantitative estimate of drug-likeness (QED) is 0.731. The van der Waals surface area contributed by atoms with Crippen molar-refractivity contribution in [2.45, 2.75) is 13.3 Å². The molecule has 1 aliphatic heterocycles. The maximum atomic E-state index is 11.9. The molecule has 2 aromatic rings. The van der Waals surface area contributed by atoms with Gasteiger partial charge in [-0.1, -0.05) is 0 Å². The van der Waals surface area contributed by atoms with Gasteiger partial charge in [0.05, 0.1) is 5.56 Å². The van der Waals surface area contributed by atoms with Gasteiger partial charge < -0.3 is 15.2 Å². The first-order valence-electron chi connectivity index (χ1n) is 6.82. The number of hydrogen-bond acceptors (Lipinski definition) is 5.